The summed E-state index contributed by atoms with van der Waals surface area (Å²) in [6.45, 7) is 5.64. The minimum absolute atomic E-state index is 0.216. The topological polar surface area (TPSA) is 66.4 Å². The Kier molecular flexibility index (Phi) is 5.55. The number of hydrogen-bond donors (Lipinski definition) is 2. The van der Waals surface area contributed by atoms with Crippen molar-refractivity contribution in [2.24, 2.45) is 5.92 Å². The second-order valence-electron chi connectivity index (χ2n) is 5.16. The molecule has 104 valence electrons. The summed E-state index contributed by atoms with van der Waals surface area (Å²) in [6.07, 6.45) is 0.433. The smallest absolute Gasteiger partial charge is 0.326 e. The number of rotatable bonds is 6. The summed E-state index contributed by atoms with van der Waals surface area (Å²) in [5.74, 6) is -1.37. The second kappa shape index (κ2) is 6.92. The Balaban J connectivity index is 2.69. The molecule has 2 N–H and O–H groups in total. The summed E-state index contributed by atoms with van der Waals surface area (Å²) in [6, 6.07) is 8.51. The van der Waals surface area contributed by atoms with Gasteiger partial charge in [0.25, 0.3) is 0 Å². The Morgan fingerprint density at radius 2 is 1.74 bits per heavy atom. The van der Waals surface area contributed by atoms with Crippen LogP contribution >= 0.6 is 0 Å². The number of carbonyl (C=O) groups is 2. The normalized spacial score (nSPS) is 13.9. The molecule has 0 aliphatic carbocycles. The van der Waals surface area contributed by atoms with E-state index in [0.717, 1.165) is 5.56 Å². The standard InChI is InChI=1S/C15H21NO3/c1-10(2)9-13(15(18)19)16-14(17)11(3)12-7-5-4-6-8-12/h4-8,10-11,13H,9H2,1-3H3,(H,16,17)(H,18,19)/t11-,13?/m1/s1. The zero-order chi connectivity index (χ0) is 14.4. The van der Waals surface area contributed by atoms with E-state index < -0.39 is 12.0 Å². The maximum Gasteiger partial charge on any atom is 0.326 e. The van der Waals surface area contributed by atoms with Crippen LogP contribution in [0.25, 0.3) is 0 Å². The third kappa shape index (κ3) is 4.73. The van der Waals surface area contributed by atoms with Crippen LogP contribution in [0, 0.1) is 5.92 Å². The first-order valence-corrected chi connectivity index (χ1v) is 6.50. The van der Waals surface area contributed by atoms with E-state index in [1.165, 1.54) is 0 Å². The number of nitrogens with one attached hydrogen (secondary N) is 1. The minimum atomic E-state index is -0.984. The number of benzene rings is 1. The van der Waals surface area contributed by atoms with E-state index in [-0.39, 0.29) is 17.7 Å². The summed E-state index contributed by atoms with van der Waals surface area (Å²) in [5.41, 5.74) is 0.883. The third-order valence-electron chi connectivity index (χ3n) is 3.01. The fourth-order valence-corrected chi connectivity index (χ4v) is 1.88. The van der Waals surface area contributed by atoms with Crippen molar-refractivity contribution in [3.8, 4) is 0 Å². The van der Waals surface area contributed by atoms with E-state index in [1.807, 2.05) is 44.2 Å². The summed E-state index contributed by atoms with van der Waals surface area (Å²) < 4.78 is 0. The van der Waals surface area contributed by atoms with Gasteiger partial charge in [0.2, 0.25) is 5.91 Å². The van der Waals surface area contributed by atoms with Gasteiger partial charge in [0.05, 0.1) is 5.92 Å². The lowest BCUT2D eigenvalue weighted by atomic mass is 9.98. The second-order valence-corrected chi connectivity index (χ2v) is 5.16. The van der Waals surface area contributed by atoms with Gasteiger partial charge in [0.1, 0.15) is 6.04 Å². The molecule has 0 heterocycles. The largest absolute Gasteiger partial charge is 0.480 e. The monoisotopic (exact) mass is 263 g/mol. The van der Waals surface area contributed by atoms with Crippen LogP contribution in [0.1, 0.15) is 38.7 Å². The number of carbonyl (C=O) groups excluding carboxylic acids is 1. The van der Waals surface area contributed by atoms with Crippen LogP contribution in [-0.4, -0.2) is 23.0 Å². The van der Waals surface area contributed by atoms with Gasteiger partial charge in [-0.3, -0.25) is 4.79 Å². The highest BCUT2D eigenvalue weighted by Crippen LogP contribution is 2.15. The molecule has 0 saturated heterocycles. The van der Waals surface area contributed by atoms with Crippen molar-refractivity contribution in [1.29, 1.82) is 0 Å². The molecule has 0 aliphatic rings. The van der Waals surface area contributed by atoms with Crippen LogP contribution in [0.4, 0.5) is 0 Å². The van der Waals surface area contributed by atoms with Crippen molar-refractivity contribution in [3.05, 3.63) is 35.9 Å². The first kappa shape index (κ1) is 15.2. The molecule has 4 heteroatoms. The highest BCUT2D eigenvalue weighted by atomic mass is 16.4. The number of amides is 1. The fraction of sp³-hybridized carbons (Fsp3) is 0.467. The highest BCUT2D eigenvalue weighted by molar-refractivity contribution is 5.87. The van der Waals surface area contributed by atoms with E-state index in [1.54, 1.807) is 6.92 Å². The number of aliphatic carboxylic acids is 1. The molecule has 1 aromatic rings. The van der Waals surface area contributed by atoms with Crippen LogP contribution in [0.2, 0.25) is 0 Å². The van der Waals surface area contributed by atoms with E-state index in [4.69, 9.17) is 5.11 Å². The Labute approximate surface area is 113 Å². The first-order valence-electron chi connectivity index (χ1n) is 6.50. The van der Waals surface area contributed by atoms with Crippen LogP contribution in [0.3, 0.4) is 0 Å². The van der Waals surface area contributed by atoms with Gasteiger partial charge in [0.15, 0.2) is 0 Å². The predicted molar refractivity (Wildman–Crippen MR) is 73.9 cm³/mol. The summed E-state index contributed by atoms with van der Waals surface area (Å²) in [4.78, 5) is 23.2. The average molecular weight is 263 g/mol. The SMILES string of the molecule is CC(C)CC(NC(=O)[C@H](C)c1ccccc1)C(=O)O. The Morgan fingerprint density at radius 3 is 2.21 bits per heavy atom. The van der Waals surface area contributed by atoms with Gasteiger partial charge < -0.3 is 10.4 Å². The molecule has 0 fully saturated rings. The molecule has 1 unspecified atom stereocenters. The van der Waals surface area contributed by atoms with Crippen molar-refractivity contribution in [2.75, 3.05) is 0 Å². The van der Waals surface area contributed by atoms with Gasteiger partial charge in [-0.1, -0.05) is 44.2 Å². The Hall–Kier alpha value is -1.84. The first-order chi connectivity index (χ1) is 8.91. The van der Waals surface area contributed by atoms with Crippen molar-refractivity contribution < 1.29 is 14.7 Å². The molecule has 1 amide bonds. The van der Waals surface area contributed by atoms with Crippen molar-refractivity contribution >= 4 is 11.9 Å². The molecule has 0 saturated carbocycles. The number of carboxylic acids is 1. The van der Waals surface area contributed by atoms with Crippen LogP contribution in [0.5, 0.6) is 0 Å². The van der Waals surface area contributed by atoms with Gasteiger partial charge in [-0.25, -0.2) is 4.79 Å². The van der Waals surface area contributed by atoms with Crippen LogP contribution in [0.15, 0.2) is 30.3 Å². The van der Waals surface area contributed by atoms with Crippen molar-refractivity contribution in [3.63, 3.8) is 0 Å². The Morgan fingerprint density at radius 1 is 1.16 bits per heavy atom. The molecule has 0 bridgehead atoms. The third-order valence-corrected chi connectivity index (χ3v) is 3.01. The zero-order valence-electron chi connectivity index (χ0n) is 11.6. The summed E-state index contributed by atoms with van der Waals surface area (Å²) in [7, 11) is 0. The van der Waals surface area contributed by atoms with Crippen LogP contribution < -0.4 is 5.32 Å². The molecule has 1 rings (SSSR count). The van der Waals surface area contributed by atoms with Gasteiger partial charge in [-0.15, -0.1) is 0 Å². The molecule has 2 atom stereocenters. The van der Waals surface area contributed by atoms with Crippen LogP contribution in [-0.2, 0) is 9.59 Å². The number of carboxylic acid groups (broad SMARTS) is 1. The van der Waals surface area contributed by atoms with Crippen molar-refractivity contribution in [2.45, 2.75) is 39.2 Å². The fourth-order valence-electron chi connectivity index (χ4n) is 1.88. The van der Waals surface area contributed by atoms with E-state index in [9.17, 15) is 9.59 Å². The molecule has 4 nitrogen and oxygen atoms in total. The molecule has 1 aromatic carbocycles. The van der Waals surface area contributed by atoms with E-state index >= 15 is 0 Å². The van der Waals surface area contributed by atoms with E-state index in [2.05, 4.69) is 5.32 Å². The highest BCUT2D eigenvalue weighted by Gasteiger charge is 2.24. The van der Waals surface area contributed by atoms with Crippen molar-refractivity contribution in [1.82, 2.24) is 5.32 Å². The van der Waals surface area contributed by atoms with Gasteiger partial charge >= 0.3 is 5.97 Å². The van der Waals surface area contributed by atoms with Gasteiger partial charge in [-0.05, 0) is 24.8 Å². The molecular formula is C15H21NO3. The lowest BCUT2D eigenvalue weighted by molar-refractivity contribution is -0.142. The zero-order valence-corrected chi connectivity index (χ0v) is 11.6. The minimum Gasteiger partial charge on any atom is -0.480 e. The van der Waals surface area contributed by atoms with Gasteiger partial charge in [0, 0.05) is 0 Å². The maximum absolute atomic E-state index is 12.1. The van der Waals surface area contributed by atoms with Gasteiger partial charge in [-0.2, -0.15) is 0 Å². The van der Waals surface area contributed by atoms with E-state index in [0.29, 0.717) is 6.42 Å². The number of hydrogen-bond acceptors (Lipinski definition) is 2. The molecule has 0 spiro atoms. The summed E-state index contributed by atoms with van der Waals surface area (Å²) >= 11 is 0. The lowest BCUT2D eigenvalue weighted by Gasteiger charge is -2.19. The molecule has 0 aliphatic heterocycles. The predicted octanol–water partition coefficient (Wildman–Crippen LogP) is 2.41. The lowest BCUT2D eigenvalue weighted by Crippen LogP contribution is -2.43. The average Bonchev–Trinajstić information content (AvgIpc) is 2.37. The molecule has 0 aromatic heterocycles. The quantitative estimate of drug-likeness (QED) is 0.828. The molecular weight excluding hydrogens is 242 g/mol. The molecule has 19 heavy (non-hydrogen) atoms. The maximum atomic E-state index is 12.1. The Bertz CT molecular complexity index is 428. The molecule has 0 radical (unpaired) electrons. The summed E-state index contributed by atoms with van der Waals surface area (Å²) in [5, 5.41) is 11.7.